The molecule has 0 aliphatic carbocycles. The highest BCUT2D eigenvalue weighted by Gasteiger charge is 2.06. The fraction of sp³-hybridized carbons (Fsp3) is 0.771. The van der Waals surface area contributed by atoms with Crippen molar-refractivity contribution >= 4 is 0 Å². The SMILES string of the molecule is C/C(=C/CO)CC/C=C(/C)CC/C=C(/C)CC/C=C(\C)CCC[C@H](C)CCC[C@H](C)CCCC(C)C. The Bertz CT molecular complexity index is 646. The minimum atomic E-state index is 0.158. The monoisotopic (exact) mass is 500 g/mol. The number of aliphatic hydroxyl groups excluding tert-OH is 1. The maximum Gasteiger partial charge on any atom is 0.0614 e. The van der Waals surface area contributed by atoms with Crippen LogP contribution in [0.2, 0.25) is 0 Å². The third kappa shape index (κ3) is 23.3. The summed E-state index contributed by atoms with van der Waals surface area (Å²) in [7, 11) is 0. The van der Waals surface area contributed by atoms with Crippen molar-refractivity contribution in [2.45, 2.75) is 152 Å². The van der Waals surface area contributed by atoms with Crippen molar-refractivity contribution in [3.63, 3.8) is 0 Å². The highest BCUT2D eigenvalue weighted by molar-refractivity contribution is 5.07. The Morgan fingerprint density at radius 2 is 0.861 bits per heavy atom. The van der Waals surface area contributed by atoms with E-state index in [0.29, 0.717) is 0 Å². The minimum absolute atomic E-state index is 0.158. The number of rotatable bonds is 22. The third-order valence-electron chi connectivity index (χ3n) is 7.67. The zero-order valence-electron chi connectivity index (χ0n) is 25.8. The van der Waals surface area contributed by atoms with Crippen LogP contribution >= 0.6 is 0 Å². The number of aliphatic hydroxyl groups is 1. The highest BCUT2D eigenvalue weighted by Crippen LogP contribution is 2.22. The first-order valence-electron chi connectivity index (χ1n) is 15.4. The maximum absolute atomic E-state index is 8.93. The highest BCUT2D eigenvalue weighted by atomic mass is 16.2. The van der Waals surface area contributed by atoms with Gasteiger partial charge in [-0.2, -0.15) is 0 Å². The van der Waals surface area contributed by atoms with Gasteiger partial charge in [-0.15, -0.1) is 0 Å². The molecule has 0 saturated carbocycles. The van der Waals surface area contributed by atoms with Gasteiger partial charge in [0.15, 0.2) is 0 Å². The van der Waals surface area contributed by atoms with Gasteiger partial charge in [0, 0.05) is 0 Å². The lowest BCUT2D eigenvalue weighted by Crippen LogP contribution is -2.00. The molecule has 210 valence electrons. The Labute approximate surface area is 227 Å². The van der Waals surface area contributed by atoms with Crippen LogP contribution < -0.4 is 0 Å². The Kier molecular flexibility index (Phi) is 22.4. The Balaban J connectivity index is 3.93. The summed E-state index contributed by atoms with van der Waals surface area (Å²) in [6, 6.07) is 0. The Morgan fingerprint density at radius 3 is 1.28 bits per heavy atom. The molecule has 0 radical (unpaired) electrons. The smallest absolute Gasteiger partial charge is 0.0614 e. The van der Waals surface area contributed by atoms with E-state index < -0.39 is 0 Å². The van der Waals surface area contributed by atoms with E-state index in [0.717, 1.165) is 43.4 Å². The van der Waals surface area contributed by atoms with Crippen LogP contribution in [0.4, 0.5) is 0 Å². The van der Waals surface area contributed by atoms with Crippen LogP contribution in [-0.4, -0.2) is 11.7 Å². The zero-order chi connectivity index (χ0) is 27.2. The summed E-state index contributed by atoms with van der Waals surface area (Å²) in [6.45, 7) is 18.7. The molecule has 0 spiro atoms. The molecule has 0 heterocycles. The van der Waals surface area contributed by atoms with Gasteiger partial charge in [0.2, 0.25) is 0 Å². The summed E-state index contributed by atoms with van der Waals surface area (Å²) in [5, 5.41) is 8.93. The molecule has 0 amide bonds. The van der Waals surface area contributed by atoms with Gasteiger partial charge in [-0.25, -0.2) is 0 Å². The van der Waals surface area contributed by atoms with Gasteiger partial charge in [-0.3, -0.25) is 0 Å². The van der Waals surface area contributed by atoms with E-state index in [1.165, 1.54) is 87.3 Å². The molecule has 0 aromatic rings. The second-order valence-electron chi connectivity index (χ2n) is 12.4. The first kappa shape index (κ1) is 34.9. The molecule has 36 heavy (non-hydrogen) atoms. The van der Waals surface area contributed by atoms with Crippen LogP contribution in [0.25, 0.3) is 0 Å². The zero-order valence-corrected chi connectivity index (χ0v) is 25.8. The number of allylic oxidation sites excluding steroid dienone is 7. The van der Waals surface area contributed by atoms with Crippen molar-refractivity contribution in [1.29, 1.82) is 0 Å². The van der Waals surface area contributed by atoms with Crippen LogP contribution in [0.15, 0.2) is 46.6 Å². The molecule has 0 saturated heterocycles. The van der Waals surface area contributed by atoms with Gasteiger partial charge in [0.1, 0.15) is 0 Å². The average molecular weight is 501 g/mol. The van der Waals surface area contributed by atoms with Crippen molar-refractivity contribution in [2.24, 2.45) is 17.8 Å². The summed E-state index contributed by atoms with van der Waals surface area (Å²) in [4.78, 5) is 0. The first-order chi connectivity index (χ1) is 17.1. The molecule has 0 unspecified atom stereocenters. The standard InChI is InChI=1S/C35H64O/c1-29(2)15-9-16-30(3)17-10-18-31(4)19-11-20-32(5)21-12-22-33(6)23-13-24-34(7)25-14-26-35(8)27-28-36/h21,23,25,27,29-31,36H,9-20,22,24,26,28H2,1-8H3/b32-21+,33-23-,34-25-,35-27-/t30-,31-/m1/s1. The summed E-state index contributed by atoms with van der Waals surface area (Å²) < 4.78 is 0. The van der Waals surface area contributed by atoms with Gasteiger partial charge in [0.25, 0.3) is 0 Å². The molecule has 0 aromatic carbocycles. The Morgan fingerprint density at radius 1 is 0.500 bits per heavy atom. The normalized spacial score (nSPS) is 15.6. The largest absolute Gasteiger partial charge is 0.392 e. The average Bonchev–Trinajstić information content (AvgIpc) is 2.79. The second kappa shape index (κ2) is 23.1. The van der Waals surface area contributed by atoms with Gasteiger partial charge >= 0.3 is 0 Å². The van der Waals surface area contributed by atoms with Crippen molar-refractivity contribution in [1.82, 2.24) is 0 Å². The predicted molar refractivity (Wildman–Crippen MR) is 165 cm³/mol. The molecule has 0 fully saturated rings. The molecule has 0 aliphatic rings. The van der Waals surface area contributed by atoms with Crippen molar-refractivity contribution in [2.75, 3.05) is 6.61 Å². The molecule has 0 bridgehead atoms. The van der Waals surface area contributed by atoms with Crippen LogP contribution in [-0.2, 0) is 0 Å². The van der Waals surface area contributed by atoms with E-state index in [2.05, 4.69) is 73.6 Å². The second-order valence-corrected chi connectivity index (χ2v) is 12.4. The number of hydrogen-bond donors (Lipinski definition) is 1. The fourth-order valence-corrected chi connectivity index (χ4v) is 4.91. The molecule has 0 aliphatic heterocycles. The molecule has 0 aromatic heterocycles. The lowest BCUT2D eigenvalue weighted by molar-refractivity contribution is 0.341. The molecule has 1 N–H and O–H groups in total. The van der Waals surface area contributed by atoms with E-state index in [9.17, 15) is 0 Å². The quantitative estimate of drug-likeness (QED) is 0.146. The maximum atomic E-state index is 8.93. The van der Waals surface area contributed by atoms with Crippen molar-refractivity contribution < 1.29 is 5.11 Å². The fourth-order valence-electron chi connectivity index (χ4n) is 4.91. The molecular weight excluding hydrogens is 436 g/mol. The summed E-state index contributed by atoms with van der Waals surface area (Å²) >= 11 is 0. The van der Waals surface area contributed by atoms with Crippen LogP contribution in [0.1, 0.15) is 152 Å². The van der Waals surface area contributed by atoms with E-state index >= 15 is 0 Å². The lowest BCUT2D eigenvalue weighted by atomic mass is 9.91. The topological polar surface area (TPSA) is 20.2 Å². The molecule has 1 nitrogen and oxygen atoms in total. The molecule has 1 heteroatoms. The van der Waals surface area contributed by atoms with Gasteiger partial charge in [-0.1, -0.05) is 119 Å². The molecule has 2 atom stereocenters. The summed E-state index contributed by atoms with van der Waals surface area (Å²) in [6.07, 6.45) is 28.5. The summed E-state index contributed by atoms with van der Waals surface area (Å²) in [5.74, 6) is 2.65. The van der Waals surface area contributed by atoms with Crippen molar-refractivity contribution in [3.05, 3.63) is 46.6 Å². The first-order valence-corrected chi connectivity index (χ1v) is 15.4. The van der Waals surface area contributed by atoms with E-state index in [1.807, 2.05) is 6.08 Å². The van der Waals surface area contributed by atoms with E-state index in [-0.39, 0.29) is 6.61 Å². The van der Waals surface area contributed by atoms with Crippen molar-refractivity contribution in [3.8, 4) is 0 Å². The predicted octanol–water partition coefficient (Wildman–Crippen LogP) is 11.5. The van der Waals surface area contributed by atoms with Crippen LogP contribution in [0.3, 0.4) is 0 Å². The number of hydrogen-bond acceptors (Lipinski definition) is 1. The molecule has 0 rings (SSSR count). The van der Waals surface area contributed by atoms with Gasteiger partial charge in [-0.05, 0) is 96.8 Å². The molecular formula is C35H64O. The Hall–Kier alpha value is -1.08. The minimum Gasteiger partial charge on any atom is -0.392 e. The van der Waals surface area contributed by atoms with E-state index in [1.54, 1.807) is 5.57 Å². The van der Waals surface area contributed by atoms with Crippen LogP contribution in [0, 0.1) is 17.8 Å². The van der Waals surface area contributed by atoms with Crippen LogP contribution in [0.5, 0.6) is 0 Å². The lowest BCUT2D eigenvalue weighted by Gasteiger charge is -2.15. The summed E-state index contributed by atoms with van der Waals surface area (Å²) in [5.41, 5.74) is 5.87. The van der Waals surface area contributed by atoms with Gasteiger partial charge in [0.05, 0.1) is 6.61 Å². The van der Waals surface area contributed by atoms with Gasteiger partial charge < -0.3 is 5.11 Å². The van der Waals surface area contributed by atoms with E-state index in [4.69, 9.17) is 5.11 Å². The third-order valence-corrected chi connectivity index (χ3v) is 7.67.